The highest BCUT2D eigenvalue weighted by Gasteiger charge is 2.30. The van der Waals surface area contributed by atoms with Crippen LogP contribution in [0.5, 0.6) is 17.2 Å². The smallest absolute Gasteiger partial charge is 0.251 e. The van der Waals surface area contributed by atoms with Gasteiger partial charge in [0.1, 0.15) is 0 Å². The van der Waals surface area contributed by atoms with Gasteiger partial charge in [-0.1, -0.05) is 22.0 Å². The first-order valence-corrected chi connectivity index (χ1v) is 14.2. The summed E-state index contributed by atoms with van der Waals surface area (Å²) in [5.41, 5.74) is 3.80. The summed E-state index contributed by atoms with van der Waals surface area (Å²) in [6, 6.07) is 11.5. The van der Waals surface area contributed by atoms with Crippen LogP contribution in [0.25, 0.3) is 11.1 Å². The van der Waals surface area contributed by atoms with Crippen LogP contribution in [-0.2, 0) is 17.9 Å². The van der Waals surface area contributed by atoms with Gasteiger partial charge < -0.3 is 19.5 Å². The molecule has 1 amide bonds. The lowest BCUT2D eigenvalue weighted by atomic mass is 9.95. The molecule has 1 aliphatic rings. The number of thioether (sulfide) groups is 1. The summed E-state index contributed by atoms with van der Waals surface area (Å²) in [5, 5.41) is 20.5. The van der Waals surface area contributed by atoms with Crippen molar-refractivity contribution in [2.24, 2.45) is 0 Å². The molecule has 0 saturated heterocycles. The zero-order chi connectivity index (χ0) is 29.0. The molecule has 1 atom stereocenters. The summed E-state index contributed by atoms with van der Waals surface area (Å²) in [7, 11) is 4.65. The Morgan fingerprint density at radius 1 is 1.07 bits per heavy atom. The van der Waals surface area contributed by atoms with Crippen LogP contribution in [0, 0.1) is 0 Å². The Hall–Kier alpha value is -3.13. The highest BCUT2D eigenvalue weighted by molar-refractivity contribution is 9.10. The Labute approximate surface area is 243 Å². The number of aryl methyl sites for hydroxylation is 1. The molecule has 0 aromatic heterocycles. The number of benzene rings is 2. The molecular formula is C28H29BrN2O8S. The molecule has 0 bridgehead atoms. The highest BCUT2D eigenvalue weighted by Crippen LogP contribution is 2.50. The number of nitrogens with zero attached hydrogens (tertiary/aromatic N) is 1. The Bertz CT molecular complexity index is 1480. The van der Waals surface area contributed by atoms with E-state index in [1.807, 2.05) is 18.4 Å². The minimum absolute atomic E-state index is 0.156. The van der Waals surface area contributed by atoms with E-state index in [1.165, 1.54) is 18.9 Å². The monoisotopic (exact) mass is 632 g/mol. The number of halogens is 1. The normalized spacial score (nSPS) is 14.2. The van der Waals surface area contributed by atoms with Crippen LogP contribution in [0.15, 0.2) is 56.6 Å². The van der Waals surface area contributed by atoms with Gasteiger partial charge >= 0.3 is 0 Å². The van der Waals surface area contributed by atoms with Gasteiger partial charge in [-0.2, -0.15) is 0 Å². The molecule has 10 nitrogen and oxygen atoms in total. The van der Waals surface area contributed by atoms with Crippen molar-refractivity contribution in [2.45, 2.75) is 30.4 Å². The number of rotatable bonds is 9. The summed E-state index contributed by atoms with van der Waals surface area (Å²) in [6.07, 6.45) is 2.89. The molecule has 0 unspecified atom stereocenters. The third kappa shape index (κ3) is 6.12. The molecule has 3 aromatic carbocycles. The second-order valence-electron chi connectivity index (χ2n) is 8.86. The minimum atomic E-state index is -0.514. The molecule has 0 heterocycles. The molecule has 0 spiro atoms. The SMILES string of the molecule is COc1cc2c(c(OC)c1OC)-c1ccc(SC)c(=O)cc1[C@@H](NC(=O)c1ccc(Br)c(CON(O)O)c1)CC2. The topological polar surface area (TPSA) is 127 Å². The number of fused-ring (bicyclic) bond motifs is 3. The third-order valence-electron chi connectivity index (χ3n) is 6.67. The van der Waals surface area contributed by atoms with Gasteiger partial charge in [-0.25, -0.2) is 4.84 Å². The van der Waals surface area contributed by atoms with Crippen molar-refractivity contribution in [3.05, 3.63) is 79.4 Å². The van der Waals surface area contributed by atoms with Crippen molar-refractivity contribution in [3.63, 3.8) is 0 Å². The van der Waals surface area contributed by atoms with Crippen LogP contribution in [0.1, 0.15) is 39.5 Å². The number of nitrogens with one attached hydrogen (secondary N) is 1. The van der Waals surface area contributed by atoms with Crippen LogP contribution in [-0.4, -0.2) is 49.3 Å². The Kier molecular flexibility index (Phi) is 9.72. The van der Waals surface area contributed by atoms with Crippen LogP contribution < -0.4 is 25.0 Å². The highest BCUT2D eigenvalue weighted by atomic mass is 79.9. The molecule has 12 heteroatoms. The van der Waals surface area contributed by atoms with Crippen molar-refractivity contribution in [2.75, 3.05) is 27.6 Å². The van der Waals surface area contributed by atoms with Crippen molar-refractivity contribution in [1.82, 2.24) is 10.7 Å². The molecular weight excluding hydrogens is 604 g/mol. The number of carbonyl (C=O) groups excluding carboxylic acids is 1. The van der Waals surface area contributed by atoms with E-state index in [4.69, 9.17) is 29.5 Å². The average Bonchev–Trinajstić information content (AvgIpc) is 3.19. The lowest BCUT2D eigenvalue weighted by Gasteiger charge is -2.20. The maximum absolute atomic E-state index is 13.5. The second kappa shape index (κ2) is 13.0. The predicted octanol–water partition coefficient (Wildman–Crippen LogP) is 5.15. The first-order valence-electron chi connectivity index (χ1n) is 12.2. The Morgan fingerprint density at radius 2 is 1.82 bits per heavy atom. The van der Waals surface area contributed by atoms with Gasteiger partial charge in [0.25, 0.3) is 5.91 Å². The molecule has 0 saturated carbocycles. The summed E-state index contributed by atoms with van der Waals surface area (Å²) in [5.74, 6) is 1.07. The van der Waals surface area contributed by atoms with E-state index in [9.17, 15) is 9.59 Å². The lowest BCUT2D eigenvalue weighted by Crippen LogP contribution is -2.29. The molecule has 212 valence electrons. The summed E-state index contributed by atoms with van der Waals surface area (Å²) < 4.78 is 17.7. The largest absolute Gasteiger partial charge is 0.493 e. The van der Waals surface area contributed by atoms with Crippen molar-refractivity contribution in [3.8, 4) is 28.4 Å². The van der Waals surface area contributed by atoms with Gasteiger partial charge in [0.15, 0.2) is 16.9 Å². The quantitative estimate of drug-likeness (QED) is 0.215. The van der Waals surface area contributed by atoms with Crippen molar-refractivity contribution >= 4 is 33.6 Å². The van der Waals surface area contributed by atoms with Gasteiger partial charge in [0, 0.05) is 15.6 Å². The van der Waals surface area contributed by atoms with E-state index in [0.29, 0.717) is 56.1 Å². The molecule has 1 aliphatic carbocycles. The van der Waals surface area contributed by atoms with Crippen LogP contribution in [0.3, 0.4) is 0 Å². The number of carbonyl (C=O) groups is 1. The molecule has 40 heavy (non-hydrogen) atoms. The zero-order valence-corrected chi connectivity index (χ0v) is 24.7. The van der Waals surface area contributed by atoms with E-state index in [1.54, 1.807) is 44.6 Å². The number of hydrogen-bond donors (Lipinski definition) is 3. The number of ether oxygens (including phenoxy) is 3. The van der Waals surface area contributed by atoms with Gasteiger partial charge in [0.2, 0.25) is 5.75 Å². The average molecular weight is 634 g/mol. The number of methoxy groups -OCH3 is 3. The van der Waals surface area contributed by atoms with Crippen molar-refractivity contribution < 1.29 is 34.3 Å². The molecule has 3 aromatic rings. The van der Waals surface area contributed by atoms with E-state index >= 15 is 0 Å². The van der Waals surface area contributed by atoms with Gasteiger partial charge in [-0.15, -0.1) is 11.8 Å². The molecule has 0 aliphatic heterocycles. The molecule has 0 fully saturated rings. The zero-order valence-electron chi connectivity index (χ0n) is 22.3. The summed E-state index contributed by atoms with van der Waals surface area (Å²) in [6.45, 7) is -0.188. The van der Waals surface area contributed by atoms with Gasteiger partial charge in [-0.05, 0) is 77.7 Å². The molecule has 3 N–H and O–H groups in total. The fourth-order valence-electron chi connectivity index (χ4n) is 4.81. The fraction of sp³-hybridized carbons (Fsp3) is 0.286. The van der Waals surface area contributed by atoms with Gasteiger partial charge in [-0.3, -0.25) is 20.0 Å². The molecule has 4 rings (SSSR count). The Balaban J connectivity index is 1.83. The lowest BCUT2D eigenvalue weighted by molar-refractivity contribution is -0.497. The number of hydrogen-bond acceptors (Lipinski definition) is 10. The summed E-state index contributed by atoms with van der Waals surface area (Å²) in [4.78, 5) is 31.9. The van der Waals surface area contributed by atoms with Crippen LogP contribution in [0.2, 0.25) is 0 Å². The Morgan fingerprint density at radius 3 is 2.48 bits per heavy atom. The van der Waals surface area contributed by atoms with Crippen LogP contribution in [0.4, 0.5) is 0 Å². The van der Waals surface area contributed by atoms with E-state index < -0.39 is 6.04 Å². The predicted molar refractivity (Wildman–Crippen MR) is 152 cm³/mol. The third-order valence-corrected chi connectivity index (χ3v) is 8.22. The van der Waals surface area contributed by atoms with Gasteiger partial charge in [0.05, 0.1) is 44.3 Å². The fourth-order valence-corrected chi connectivity index (χ4v) is 5.64. The minimum Gasteiger partial charge on any atom is -0.493 e. The maximum Gasteiger partial charge on any atom is 0.251 e. The van der Waals surface area contributed by atoms with E-state index in [2.05, 4.69) is 21.2 Å². The second-order valence-corrected chi connectivity index (χ2v) is 10.6. The van der Waals surface area contributed by atoms with Crippen molar-refractivity contribution in [1.29, 1.82) is 0 Å². The first-order chi connectivity index (χ1) is 19.2. The van der Waals surface area contributed by atoms with E-state index in [-0.39, 0.29) is 23.3 Å². The van der Waals surface area contributed by atoms with Crippen LogP contribution >= 0.6 is 27.7 Å². The van der Waals surface area contributed by atoms with E-state index in [0.717, 1.165) is 16.7 Å². The molecule has 0 radical (unpaired) electrons. The standard InChI is InChI=1S/C28H29BrN2O8S/c1-36-23-12-15-6-9-21(30-28(33)16-5-8-20(29)17(11-16)14-39-31(34)35)19-13-22(32)24(40-4)10-7-18(19)25(15)27(38-3)26(23)37-2/h5,7-8,10-13,21,34-35H,6,9,14H2,1-4H3,(H,30,33)/t21-/m0/s1. The summed E-state index contributed by atoms with van der Waals surface area (Å²) >= 11 is 4.73. The maximum atomic E-state index is 13.5. The first kappa shape index (κ1) is 29.8. The number of amides is 1.